The Bertz CT molecular complexity index is 331. The van der Waals surface area contributed by atoms with Gasteiger partial charge in [0.15, 0.2) is 9.84 Å². The molecular weight excluding hydrogens is 228 g/mol. The van der Waals surface area contributed by atoms with E-state index in [2.05, 4.69) is 4.90 Å². The van der Waals surface area contributed by atoms with Gasteiger partial charge in [-0.3, -0.25) is 4.90 Å². The third kappa shape index (κ3) is 2.94. The molecule has 0 aromatic heterocycles. The molecule has 2 unspecified atom stereocenters. The molecule has 2 heterocycles. The number of hydrogen-bond acceptors (Lipinski definition) is 5. The molecule has 0 aromatic rings. The molecule has 0 bridgehead atoms. The first-order chi connectivity index (χ1) is 7.61. The third-order valence-electron chi connectivity index (χ3n) is 3.39. The fraction of sp³-hybridized carbons (Fsp3) is 1.00. The molecule has 0 radical (unpaired) electrons. The lowest BCUT2D eigenvalue weighted by atomic mass is 10.1. The van der Waals surface area contributed by atoms with E-state index in [9.17, 15) is 8.42 Å². The topological polar surface area (TPSA) is 72.6 Å². The maximum absolute atomic E-state index is 11.6. The van der Waals surface area contributed by atoms with Crippen molar-refractivity contribution in [1.82, 2.24) is 4.90 Å². The van der Waals surface area contributed by atoms with Crippen molar-refractivity contribution >= 4 is 9.84 Å². The van der Waals surface area contributed by atoms with Crippen LogP contribution in [0.2, 0.25) is 0 Å². The quantitative estimate of drug-likeness (QED) is 0.694. The highest BCUT2D eigenvalue weighted by Gasteiger charge is 2.31. The van der Waals surface area contributed by atoms with E-state index in [0.717, 1.165) is 25.9 Å². The predicted molar refractivity (Wildman–Crippen MR) is 62.0 cm³/mol. The van der Waals surface area contributed by atoms with E-state index in [4.69, 9.17) is 10.5 Å². The maximum atomic E-state index is 11.6. The van der Waals surface area contributed by atoms with Crippen LogP contribution in [0.25, 0.3) is 0 Å². The van der Waals surface area contributed by atoms with E-state index in [-0.39, 0.29) is 12.1 Å². The fourth-order valence-corrected chi connectivity index (χ4v) is 4.24. The summed E-state index contributed by atoms with van der Waals surface area (Å²) in [6.45, 7) is 2.78. The fourth-order valence-electron chi connectivity index (χ4n) is 2.50. The van der Waals surface area contributed by atoms with Gasteiger partial charge in [-0.25, -0.2) is 8.42 Å². The van der Waals surface area contributed by atoms with Gasteiger partial charge >= 0.3 is 0 Å². The molecule has 2 atom stereocenters. The Kier molecular flexibility index (Phi) is 3.84. The first kappa shape index (κ1) is 12.3. The van der Waals surface area contributed by atoms with E-state index in [1.807, 2.05) is 0 Å². The maximum Gasteiger partial charge on any atom is 0.151 e. The molecule has 2 rings (SSSR count). The second kappa shape index (κ2) is 5.00. The molecular formula is C10H20N2O3S. The average Bonchev–Trinajstić information content (AvgIpc) is 2.28. The van der Waals surface area contributed by atoms with Crippen LogP contribution in [0, 0.1) is 0 Å². The molecule has 6 heteroatoms. The Labute approximate surface area is 96.9 Å². The number of morpholine rings is 1. The molecule has 0 saturated carbocycles. The average molecular weight is 248 g/mol. The van der Waals surface area contributed by atoms with E-state index in [0.29, 0.717) is 24.7 Å². The molecule has 5 nitrogen and oxygen atoms in total. The van der Waals surface area contributed by atoms with Crippen LogP contribution in [0.5, 0.6) is 0 Å². The molecule has 2 aliphatic rings. The molecule has 0 aliphatic carbocycles. The zero-order valence-corrected chi connectivity index (χ0v) is 10.3. The number of nitrogens with two attached hydrogens (primary N) is 1. The van der Waals surface area contributed by atoms with E-state index < -0.39 is 9.84 Å². The molecule has 2 N–H and O–H groups in total. The Balaban J connectivity index is 1.96. The highest BCUT2D eigenvalue weighted by atomic mass is 32.2. The molecule has 2 fully saturated rings. The Morgan fingerprint density at radius 3 is 2.94 bits per heavy atom. The van der Waals surface area contributed by atoms with Crippen molar-refractivity contribution < 1.29 is 13.2 Å². The number of nitrogens with zero attached hydrogens (tertiary/aromatic N) is 1. The van der Waals surface area contributed by atoms with Crippen LogP contribution in [0.3, 0.4) is 0 Å². The van der Waals surface area contributed by atoms with Crippen LogP contribution in [0.1, 0.15) is 12.8 Å². The number of rotatable bonds is 2. The van der Waals surface area contributed by atoms with Crippen LogP contribution < -0.4 is 5.73 Å². The Hall–Kier alpha value is -0.170. The minimum Gasteiger partial charge on any atom is -0.374 e. The van der Waals surface area contributed by atoms with Crippen LogP contribution in [-0.4, -0.2) is 63.2 Å². The summed E-state index contributed by atoms with van der Waals surface area (Å²) >= 11 is 0. The second-order valence-electron chi connectivity index (χ2n) is 4.63. The van der Waals surface area contributed by atoms with Gasteiger partial charge in [0.2, 0.25) is 0 Å². The molecule has 0 aromatic carbocycles. The number of sulfone groups is 1. The lowest BCUT2D eigenvalue weighted by Gasteiger charge is -2.39. The molecule has 0 amide bonds. The van der Waals surface area contributed by atoms with Crippen LogP contribution in [0.15, 0.2) is 0 Å². The summed E-state index contributed by atoms with van der Waals surface area (Å²) in [7, 11) is -2.82. The monoisotopic (exact) mass is 248 g/mol. The molecule has 94 valence electrons. The van der Waals surface area contributed by atoms with Crippen molar-refractivity contribution in [3.8, 4) is 0 Å². The van der Waals surface area contributed by atoms with Crippen LogP contribution in [0.4, 0.5) is 0 Å². The van der Waals surface area contributed by atoms with Gasteiger partial charge in [-0.15, -0.1) is 0 Å². The molecule has 2 saturated heterocycles. The molecule has 2 aliphatic heterocycles. The number of ether oxygens (including phenoxy) is 1. The lowest BCUT2D eigenvalue weighted by Crippen LogP contribution is -2.53. The minimum absolute atomic E-state index is 0.0679. The van der Waals surface area contributed by atoms with Crippen molar-refractivity contribution in [3.63, 3.8) is 0 Å². The van der Waals surface area contributed by atoms with Crippen LogP contribution >= 0.6 is 0 Å². The lowest BCUT2D eigenvalue weighted by molar-refractivity contribution is -0.0369. The Morgan fingerprint density at radius 1 is 1.44 bits per heavy atom. The van der Waals surface area contributed by atoms with Gasteiger partial charge in [0, 0.05) is 25.7 Å². The van der Waals surface area contributed by atoms with Gasteiger partial charge in [-0.2, -0.15) is 0 Å². The second-order valence-corrected chi connectivity index (χ2v) is 6.86. The highest BCUT2D eigenvalue weighted by Crippen LogP contribution is 2.19. The first-order valence-corrected chi connectivity index (χ1v) is 7.69. The first-order valence-electron chi connectivity index (χ1n) is 5.87. The van der Waals surface area contributed by atoms with Crippen molar-refractivity contribution in [2.24, 2.45) is 5.73 Å². The summed E-state index contributed by atoms with van der Waals surface area (Å²) < 4.78 is 28.6. The summed E-state index contributed by atoms with van der Waals surface area (Å²) in [5.41, 5.74) is 5.58. The Morgan fingerprint density at radius 2 is 2.25 bits per heavy atom. The summed E-state index contributed by atoms with van der Waals surface area (Å²) in [6.07, 6.45) is 1.84. The predicted octanol–water partition coefficient (Wildman–Crippen LogP) is -0.777. The van der Waals surface area contributed by atoms with Crippen molar-refractivity contribution in [1.29, 1.82) is 0 Å². The molecule has 0 spiro atoms. The van der Waals surface area contributed by atoms with Crippen molar-refractivity contribution in [2.75, 3.05) is 37.7 Å². The largest absolute Gasteiger partial charge is 0.374 e. The van der Waals surface area contributed by atoms with Gasteiger partial charge in [-0.1, -0.05) is 0 Å². The standard InChI is InChI=1S/C10H20N2O3S/c11-6-10-7-12(3-4-15-10)9-2-1-5-16(13,14)8-9/h9-10H,1-8,11H2. The van der Waals surface area contributed by atoms with Gasteiger partial charge in [0.25, 0.3) is 0 Å². The summed E-state index contributed by atoms with van der Waals surface area (Å²) in [6, 6.07) is 0.177. The summed E-state index contributed by atoms with van der Waals surface area (Å²) in [5.74, 6) is 0.665. The van der Waals surface area contributed by atoms with Crippen molar-refractivity contribution in [2.45, 2.75) is 25.0 Å². The van der Waals surface area contributed by atoms with Gasteiger partial charge in [0.1, 0.15) is 0 Å². The summed E-state index contributed by atoms with van der Waals surface area (Å²) in [4.78, 5) is 2.23. The normalized spacial score (nSPS) is 36.1. The molecule has 16 heavy (non-hydrogen) atoms. The van der Waals surface area contributed by atoms with E-state index in [1.54, 1.807) is 0 Å². The SMILES string of the molecule is NCC1CN(C2CCCS(=O)(=O)C2)CCO1. The van der Waals surface area contributed by atoms with Gasteiger partial charge < -0.3 is 10.5 Å². The van der Waals surface area contributed by atoms with Crippen LogP contribution in [-0.2, 0) is 14.6 Å². The minimum atomic E-state index is -2.82. The zero-order chi connectivity index (χ0) is 11.6. The summed E-state index contributed by atoms with van der Waals surface area (Å²) in [5, 5.41) is 0. The van der Waals surface area contributed by atoms with Gasteiger partial charge in [-0.05, 0) is 12.8 Å². The smallest absolute Gasteiger partial charge is 0.151 e. The zero-order valence-electron chi connectivity index (χ0n) is 9.47. The van der Waals surface area contributed by atoms with E-state index in [1.165, 1.54) is 0 Å². The highest BCUT2D eigenvalue weighted by molar-refractivity contribution is 7.91. The number of hydrogen-bond donors (Lipinski definition) is 1. The van der Waals surface area contributed by atoms with E-state index >= 15 is 0 Å². The third-order valence-corrected chi connectivity index (χ3v) is 5.19. The van der Waals surface area contributed by atoms with Gasteiger partial charge in [0.05, 0.1) is 24.2 Å². The van der Waals surface area contributed by atoms with Crippen molar-refractivity contribution in [3.05, 3.63) is 0 Å².